The lowest BCUT2D eigenvalue weighted by Gasteiger charge is -2.29. The zero-order valence-electron chi connectivity index (χ0n) is 26.7. The number of nitrogens with one attached hydrogen (secondary N) is 6. The molecular formula is C28H43N9O11. The third kappa shape index (κ3) is 11.3. The number of carboxylic acid groups (broad SMARTS) is 2. The standard InChI is InChI=1S/C28H43N9O11/c1-13(2)22(28(47)48)36-24(43)16(7-15-10-30-12-31-15)33-23(42)17(8-21(40)41)34-25(44)18(11-38)35-26(45)19-5-4-6-37(19)27(46)14(3)32-20(39)9-29/h10,12-14,16-19,22,38H,4-9,11,29H2,1-3H3,(H,30,31)(H,32,39)(H,33,42)(H,34,44)(H,35,45)(H,36,43)(H,40,41)(H,47,48)/t14-,16-,17-,18-,19-,22-/m0/s1. The molecule has 6 amide bonds. The number of hydrogen-bond donors (Lipinski definition) is 10. The maximum absolute atomic E-state index is 13.3. The van der Waals surface area contributed by atoms with Crippen molar-refractivity contribution >= 4 is 47.4 Å². The average Bonchev–Trinajstić information content (AvgIpc) is 3.73. The second-order valence-electron chi connectivity index (χ2n) is 11.5. The predicted molar refractivity (Wildman–Crippen MR) is 163 cm³/mol. The maximum Gasteiger partial charge on any atom is 0.326 e. The van der Waals surface area contributed by atoms with Crippen molar-refractivity contribution in [3.8, 4) is 0 Å². The van der Waals surface area contributed by atoms with E-state index in [1.54, 1.807) is 13.8 Å². The lowest BCUT2D eigenvalue weighted by Crippen LogP contribution is -2.60. The van der Waals surface area contributed by atoms with E-state index in [1.165, 1.54) is 24.3 Å². The van der Waals surface area contributed by atoms with Crippen LogP contribution in [0, 0.1) is 5.92 Å². The first-order valence-corrected chi connectivity index (χ1v) is 15.1. The largest absolute Gasteiger partial charge is 0.481 e. The molecule has 1 aromatic heterocycles. The minimum atomic E-state index is -1.81. The molecule has 0 bridgehead atoms. The van der Waals surface area contributed by atoms with Crippen LogP contribution in [0.2, 0.25) is 0 Å². The summed E-state index contributed by atoms with van der Waals surface area (Å²) in [5.74, 6) is -8.54. The van der Waals surface area contributed by atoms with E-state index >= 15 is 0 Å². The zero-order valence-corrected chi connectivity index (χ0v) is 26.7. The van der Waals surface area contributed by atoms with Crippen molar-refractivity contribution in [3.05, 3.63) is 18.2 Å². The van der Waals surface area contributed by atoms with Crippen molar-refractivity contribution in [3.63, 3.8) is 0 Å². The molecular weight excluding hydrogens is 638 g/mol. The number of hydrogen-bond acceptors (Lipinski definition) is 11. The zero-order chi connectivity index (χ0) is 36.1. The van der Waals surface area contributed by atoms with Gasteiger partial charge in [-0.1, -0.05) is 13.8 Å². The van der Waals surface area contributed by atoms with Gasteiger partial charge in [-0.15, -0.1) is 0 Å². The molecule has 2 heterocycles. The van der Waals surface area contributed by atoms with E-state index in [0.717, 1.165) is 0 Å². The van der Waals surface area contributed by atoms with Gasteiger partial charge < -0.3 is 57.5 Å². The summed E-state index contributed by atoms with van der Waals surface area (Å²) in [6.45, 7) is 3.38. The minimum Gasteiger partial charge on any atom is -0.481 e. The van der Waals surface area contributed by atoms with Crippen molar-refractivity contribution in [1.29, 1.82) is 0 Å². The Kier molecular flexibility index (Phi) is 14.9. The number of aromatic nitrogens is 2. The van der Waals surface area contributed by atoms with Crippen LogP contribution in [0.5, 0.6) is 0 Å². The van der Waals surface area contributed by atoms with Gasteiger partial charge in [-0.2, -0.15) is 0 Å². The van der Waals surface area contributed by atoms with E-state index in [1.807, 2.05) is 0 Å². The molecule has 0 spiro atoms. The summed E-state index contributed by atoms with van der Waals surface area (Å²) in [5.41, 5.74) is 5.63. The highest BCUT2D eigenvalue weighted by Crippen LogP contribution is 2.19. The van der Waals surface area contributed by atoms with Gasteiger partial charge in [-0.3, -0.25) is 33.6 Å². The van der Waals surface area contributed by atoms with Crippen LogP contribution in [0.3, 0.4) is 0 Å². The Morgan fingerprint density at radius 3 is 2.10 bits per heavy atom. The van der Waals surface area contributed by atoms with Gasteiger partial charge in [-0.05, 0) is 25.7 Å². The summed E-state index contributed by atoms with van der Waals surface area (Å²) in [7, 11) is 0. The SMILES string of the molecule is CC(C)[C@H](NC(=O)[C@H](Cc1cnc[nH]1)NC(=O)[C@H](CC(=O)O)NC(=O)[C@H](CO)NC(=O)[C@@H]1CCCN1C(=O)[C@H](C)NC(=O)CN)C(=O)O. The summed E-state index contributed by atoms with van der Waals surface area (Å²) in [6.07, 6.45) is 2.11. The van der Waals surface area contributed by atoms with Crippen molar-refractivity contribution in [2.75, 3.05) is 19.7 Å². The number of likely N-dealkylation sites (tertiary alicyclic amines) is 1. The first-order chi connectivity index (χ1) is 22.6. The first kappa shape index (κ1) is 39.1. The van der Waals surface area contributed by atoms with E-state index in [9.17, 15) is 53.7 Å². The Bertz CT molecular complexity index is 1340. The highest BCUT2D eigenvalue weighted by molar-refractivity contribution is 5.98. The number of aliphatic hydroxyl groups is 1. The highest BCUT2D eigenvalue weighted by Gasteiger charge is 2.38. The van der Waals surface area contributed by atoms with Gasteiger partial charge in [0, 0.05) is 24.9 Å². The number of carbonyl (C=O) groups is 8. The van der Waals surface area contributed by atoms with Gasteiger partial charge >= 0.3 is 11.9 Å². The molecule has 0 aromatic carbocycles. The van der Waals surface area contributed by atoms with Crippen LogP contribution in [0.1, 0.15) is 45.7 Å². The molecule has 0 saturated carbocycles. The molecule has 1 saturated heterocycles. The van der Waals surface area contributed by atoms with Crippen LogP contribution < -0.4 is 32.3 Å². The molecule has 48 heavy (non-hydrogen) atoms. The average molecular weight is 682 g/mol. The van der Waals surface area contributed by atoms with Crippen molar-refractivity contribution in [2.24, 2.45) is 11.7 Å². The molecule has 1 aliphatic heterocycles. The number of H-pyrrole nitrogens is 1. The van der Waals surface area contributed by atoms with Gasteiger partial charge in [-0.25, -0.2) is 9.78 Å². The molecule has 266 valence electrons. The van der Waals surface area contributed by atoms with Crippen LogP contribution >= 0.6 is 0 Å². The number of nitrogens with zero attached hydrogens (tertiary/aromatic N) is 2. The molecule has 1 aromatic rings. The number of nitrogens with two attached hydrogens (primary N) is 1. The van der Waals surface area contributed by atoms with Crippen LogP contribution in [-0.2, 0) is 44.8 Å². The van der Waals surface area contributed by atoms with Crippen LogP contribution in [0.4, 0.5) is 0 Å². The van der Waals surface area contributed by atoms with Gasteiger partial charge in [0.2, 0.25) is 35.4 Å². The lowest BCUT2D eigenvalue weighted by molar-refractivity contribution is -0.144. The van der Waals surface area contributed by atoms with Crippen LogP contribution in [0.25, 0.3) is 0 Å². The third-order valence-corrected chi connectivity index (χ3v) is 7.44. The number of aliphatic carboxylic acids is 2. The van der Waals surface area contributed by atoms with E-state index < -0.39 is 103 Å². The molecule has 2 rings (SSSR count). The summed E-state index contributed by atoms with van der Waals surface area (Å²) < 4.78 is 0. The highest BCUT2D eigenvalue weighted by atomic mass is 16.4. The summed E-state index contributed by atoms with van der Waals surface area (Å²) in [5, 5.41) is 40.4. The van der Waals surface area contributed by atoms with E-state index in [4.69, 9.17) is 5.73 Å². The Labute approximate surface area is 275 Å². The normalized spacial score (nSPS) is 17.3. The van der Waals surface area contributed by atoms with Crippen molar-refractivity contribution < 1.29 is 53.7 Å². The fourth-order valence-corrected chi connectivity index (χ4v) is 4.90. The van der Waals surface area contributed by atoms with E-state index in [0.29, 0.717) is 12.1 Å². The van der Waals surface area contributed by atoms with Gasteiger partial charge in [0.25, 0.3) is 0 Å². The van der Waals surface area contributed by atoms with Crippen molar-refractivity contribution in [2.45, 2.75) is 82.7 Å². The third-order valence-electron chi connectivity index (χ3n) is 7.44. The second-order valence-corrected chi connectivity index (χ2v) is 11.5. The molecule has 11 N–H and O–H groups in total. The summed E-state index contributed by atoms with van der Waals surface area (Å²) in [4.78, 5) is 108. The number of aliphatic hydroxyl groups excluding tert-OH is 1. The van der Waals surface area contributed by atoms with E-state index in [2.05, 4.69) is 36.6 Å². The summed E-state index contributed by atoms with van der Waals surface area (Å²) in [6, 6.07) is -8.31. The fraction of sp³-hybridized carbons (Fsp3) is 0.607. The fourth-order valence-electron chi connectivity index (χ4n) is 4.90. The Morgan fingerprint density at radius 2 is 1.56 bits per heavy atom. The number of aromatic amines is 1. The van der Waals surface area contributed by atoms with Gasteiger partial charge in [0.05, 0.1) is 25.9 Å². The number of carbonyl (C=O) groups excluding carboxylic acids is 6. The van der Waals surface area contributed by atoms with Crippen molar-refractivity contribution in [1.82, 2.24) is 41.5 Å². The molecule has 20 nitrogen and oxygen atoms in total. The molecule has 0 aliphatic carbocycles. The van der Waals surface area contributed by atoms with Crippen LogP contribution in [-0.4, -0.2) is 134 Å². The number of amides is 6. The molecule has 20 heteroatoms. The summed E-state index contributed by atoms with van der Waals surface area (Å²) >= 11 is 0. The van der Waals surface area contributed by atoms with Crippen LogP contribution in [0.15, 0.2) is 12.5 Å². The van der Waals surface area contributed by atoms with E-state index in [-0.39, 0.29) is 25.9 Å². The molecule has 0 radical (unpaired) electrons. The Balaban J connectivity index is 2.18. The number of imidazole rings is 1. The maximum atomic E-state index is 13.3. The number of carboxylic acids is 2. The quantitative estimate of drug-likeness (QED) is 0.0700. The lowest BCUT2D eigenvalue weighted by atomic mass is 10.0. The molecule has 1 fully saturated rings. The second kappa shape index (κ2) is 18.3. The first-order valence-electron chi connectivity index (χ1n) is 15.1. The smallest absolute Gasteiger partial charge is 0.326 e. The molecule has 6 atom stereocenters. The molecule has 0 unspecified atom stereocenters. The van der Waals surface area contributed by atoms with Gasteiger partial charge in [0.15, 0.2) is 0 Å². The van der Waals surface area contributed by atoms with Gasteiger partial charge in [0.1, 0.15) is 36.3 Å². The minimum absolute atomic E-state index is 0.175. The number of rotatable bonds is 18. The molecule has 1 aliphatic rings. The topological polar surface area (TPSA) is 315 Å². The Morgan fingerprint density at radius 1 is 0.938 bits per heavy atom. The predicted octanol–water partition coefficient (Wildman–Crippen LogP) is -4.45. The monoisotopic (exact) mass is 681 g/mol. The Hall–Kier alpha value is -5.11.